The molecular formula is C83H162O17P2. The van der Waals surface area contributed by atoms with Gasteiger partial charge in [0.15, 0.2) is 12.2 Å². The van der Waals surface area contributed by atoms with Crippen molar-refractivity contribution in [1.82, 2.24) is 0 Å². The third kappa shape index (κ3) is 76.3. The van der Waals surface area contributed by atoms with E-state index in [-0.39, 0.29) is 25.7 Å². The summed E-state index contributed by atoms with van der Waals surface area (Å²) in [5, 5.41) is 10.7. The Morgan fingerprint density at radius 2 is 0.392 bits per heavy atom. The van der Waals surface area contributed by atoms with Crippen LogP contribution in [0.25, 0.3) is 0 Å². The van der Waals surface area contributed by atoms with Gasteiger partial charge in [-0.25, -0.2) is 9.13 Å². The second-order valence-electron chi connectivity index (χ2n) is 29.9. The average Bonchev–Trinajstić information content (AvgIpc) is 0.908. The Morgan fingerprint density at radius 3 is 0.578 bits per heavy atom. The molecule has 102 heavy (non-hydrogen) atoms. The summed E-state index contributed by atoms with van der Waals surface area (Å²) in [7, 11) is -9.92. The van der Waals surface area contributed by atoms with Gasteiger partial charge in [0.05, 0.1) is 26.4 Å². The van der Waals surface area contributed by atoms with Crippen LogP contribution in [0.2, 0.25) is 0 Å². The summed E-state index contributed by atoms with van der Waals surface area (Å²) in [5.74, 6) is -2.10. The number of carbonyl (C=O) groups is 4. The quantitative estimate of drug-likeness (QED) is 0.0222. The molecule has 17 nitrogen and oxygen atoms in total. The first-order chi connectivity index (χ1) is 49.7. The summed E-state index contributed by atoms with van der Waals surface area (Å²) >= 11 is 0. The molecule has 0 aliphatic rings. The van der Waals surface area contributed by atoms with Crippen molar-refractivity contribution in [3.05, 3.63) is 0 Å². The highest BCUT2D eigenvalue weighted by Gasteiger charge is 2.30. The first-order valence-electron chi connectivity index (χ1n) is 43.3. The van der Waals surface area contributed by atoms with Crippen LogP contribution in [0.4, 0.5) is 0 Å². The van der Waals surface area contributed by atoms with Crippen LogP contribution in [0.1, 0.15) is 451 Å². The summed E-state index contributed by atoms with van der Waals surface area (Å²) in [4.78, 5) is 73.1. The zero-order valence-electron chi connectivity index (χ0n) is 66.6. The number of phosphoric acid groups is 2. The van der Waals surface area contributed by atoms with Crippen LogP contribution >= 0.6 is 15.6 Å². The van der Waals surface area contributed by atoms with Crippen molar-refractivity contribution in [1.29, 1.82) is 0 Å². The van der Waals surface area contributed by atoms with Gasteiger partial charge in [0.25, 0.3) is 0 Å². The number of hydrogen-bond donors (Lipinski definition) is 3. The molecular weight excluding hydrogens is 1330 g/mol. The van der Waals surface area contributed by atoms with Gasteiger partial charge in [0.1, 0.15) is 19.3 Å². The lowest BCUT2D eigenvalue weighted by atomic mass is 10.0. The standard InChI is InChI=1S/C83H162O17P2/c1-5-9-13-17-21-25-29-33-35-37-39-41-43-46-50-54-58-62-66-70-83(88)100-79(74-94-81(86)68-64-60-56-52-48-45-42-40-38-36-34-30-26-22-18-14-10-6-2)76-98-102(91,92)96-72-77(84)71-95-101(89,90)97-75-78(73-93-80(85)67-63-59-55-51-47-32-28-24-20-16-12-8-4)99-82(87)69-65-61-57-53-49-44-31-27-23-19-15-11-7-3/h77-79,84H,5-76H2,1-4H3,(H,89,90)(H,91,92)/t77-,78+,79+/m0/s1. The molecule has 0 amide bonds. The van der Waals surface area contributed by atoms with Crippen molar-refractivity contribution < 1.29 is 80.2 Å². The SMILES string of the molecule is CCCCCCCCCCCCCCCCCCCCCC(=O)O[C@H](COC(=O)CCCCCCCCCCCCCCCCCCCC)COP(=O)(O)OC[C@@H](O)COP(=O)(O)OC[C@@H](COC(=O)CCCCCCCCCCCCCC)OC(=O)CCCCCCCCCCCCCCC. The van der Waals surface area contributed by atoms with Gasteiger partial charge >= 0.3 is 39.5 Å². The van der Waals surface area contributed by atoms with Gasteiger partial charge in [0, 0.05) is 25.7 Å². The van der Waals surface area contributed by atoms with Crippen LogP contribution in [-0.2, 0) is 65.4 Å². The number of hydrogen-bond acceptors (Lipinski definition) is 15. The van der Waals surface area contributed by atoms with Crippen molar-refractivity contribution in [3.63, 3.8) is 0 Å². The lowest BCUT2D eigenvalue weighted by Gasteiger charge is -2.21. The molecule has 3 N–H and O–H groups in total. The molecule has 5 atom stereocenters. The molecule has 0 bridgehead atoms. The Kier molecular flexibility index (Phi) is 75.8. The minimum absolute atomic E-state index is 0.109. The van der Waals surface area contributed by atoms with E-state index in [0.29, 0.717) is 25.7 Å². The number of aliphatic hydroxyl groups is 1. The average molecular weight is 1490 g/mol. The molecule has 0 rings (SSSR count). The van der Waals surface area contributed by atoms with E-state index in [1.165, 1.54) is 283 Å². The zero-order chi connectivity index (χ0) is 74.6. The molecule has 19 heteroatoms. The maximum atomic E-state index is 13.1. The second kappa shape index (κ2) is 77.2. The Labute approximate surface area is 626 Å². The number of aliphatic hydroxyl groups excluding tert-OH is 1. The molecule has 0 aliphatic carbocycles. The molecule has 0 radical (unpaired) electrons. The smallest absolute Gasteiger partial charge is 0.462 e. The summed E-state index contributed by atoms with van der Waals surface area (Å²) in [5.41, 5.74) is 0. The van der Waals surface area contributed by atoms with Gasteiger partial charge in [-0.15, -0.1) is 0 Å². The van der Waals surface area contributed by atoms with Crippen molar-refractivity contribution in [2.24, 2.45) is 0 Å². The normalized spacial score (nSPS) is 13.8. The van der Waals surface area contributed by atoms with Crippen LogP contribution in [0.15, 0.2) is 0 Å². The van der Waals surface area contributed by atoms with E-state index in [9.17, 15) is 43.2 Å². The Balaban J connectivity index is 5.24. The minimum Gasteiger partial charge on any atom is -0.462 e. The maximum Gasteiger partial charge on any atom is 0.472 e. The molecule has 0 fully saturated rings. The molecule has 0 saturated carbocycles. The van der Waals surface area contributed by atoms with E-state index in [0.717, 1.165) is 89.9 Å². The van der Waals surface area contributed by atoms with Crippen LogP contribution in [0.3, 0.4) is 0 Å². The third-order valence-electron chi connectivity index (χ3n) is 19.6. The van der Waals surface area contributed by atoms with E-state index in [4.69, 9.17) is 37.0 Å². The van der Waals surface area contributed by atoms with Gasteiger partial charge in [-0.3, -0.25) is 37.3 Å². The molecule has 0 aromatic rings. The topological polar surface area (TPSA) is 237 Å². The number of unbranched alkanes of at least 4 members (excludes halogenated alkanes) is 58. The predicted molar refractivity (Wildman–Crippen MR) is 419 cm³/mol. The minimum atomic E-state index is -4.96. The summed E-state index contributed by atoms with van der Waals surface area (Å²) in [6.45, 7) is 5.04. The fraction of sp³-hybridized carbons (Fsp3) is 0.952. The van der Waals surface area contributed by atoms with Gasteiger partial charge in [-0.1, -0.05) is 400 Å². The second-order valence-corrected chi connectivity index (χ2v) is 32.8. The molecule has 0 heterocycles. The Hall–Kier alpha value is -1.94. The highest BCUT2D eigenvalue weighted by molar-refractivity contribution is 7.47. The van der Waals surface area contributed by atoms with Crippen LogP contribution in [0.5, 0.6) is 0 Å². The van der Waals surface area contributed by atoms with E-state index < -0.39 is 97.5 Å². The number of carbonyl (C=O) groups excluding carboxylic acids is 4. The van der Waals surface area contributed by atoms with E-state index in [1.54, 1.807) is 0 Å². The molecule has 0 aromatic carbocycles. The summed E-state index contributed by atoms with van der Waals surface area (Å²) in [6, 6.07) is 0. The number of ether oxygens (including phenoxy) is 4. The fourth-order valence-corrected chi connectivity index (χ4v) is 14.6. The fourth-order valence-electron chi connectivity index (χ4n) is 13.0. The van der Waals surface area contributed by atoms with Crippen molar-refractivity contribution in [2.45, 2.75) is 470 Å². The van der Waals surface area contributed by atoms with Gasteiger partial charge in [-0.2, -0.15) is 0 Å². The largest absolute Gasteiger partial charge is 0.472 e. The van der Waals surface area contributed by atoms with Crippen LogP contribution in [0, 0.1) is 0 Å². The Bertz CT molecular complexity index is 1930. The molecule has 0 aromatic heterocycles. The van der Waals surface area contributed by atoms with Crippen LogP contribution in [-0.4, -0.2) is 96.7 Å². The van der Waals surface area contributed by atoms with Crippen molar-refractivity contribution in [2.75, 3.05) is 39.6 Å². The highest BCUT2D eigenvalue weighted by atomic mass is 31.2. The van der Waals surface area contributed by atoms with Crippen molar-refractivity contribution in [3.8, 4) is 0 Å². The van der Waals surface area contributed by atoms with Crippen LogP contribution < -0.4 is 0 Å². The molecule has 0 aliphatic heterocycles. The monoisotopic (exact) mass is 1490 g/mol. The number of phosphoric ester groups is 2. The predicted octanol–water partition coefficient (Wildman–Crippen LogP) is 25.4. The number of esters is 4. The lowest BCUT2D eigenvalue weighted by molar-refractivity contribution is -0.161. The van der Waals surface area contributed by atoms with Gasteiger partial charge < -0.3 is 33.8 Å². The summed E-state index contributed by atoms with van der Waals surface area (Å²) < 4.78 is 68.8. The molecule has 0 saturated heterocycles. The Morgan fingerprint density at radius 1 is 0.235 bits per heavy atom. The van der Waals surface area contributed by atoms with E-state index in [1.807, 2.05) is 0 Å². The van der Waals surface area contributed by atoms with Gasteiger partial charge in [-0.05, 0) is 25.7 Å². The molecule has 0 spiro atoms. The highest BCUT2D eigenvalue weighted by Crippen LogP contribution is 2.45. The first kappa shape index (κ1) is 100. The summed E-state index contributed by atoms with van der Waals surface area (Å²) in [6.07, 6.45) is 70.7. The van der Waals surface area contributed by atoms with E-state index >= 15 is 0 Å². The van der Waals surface area contributed by atoms with Gasteiger partial charge in [0.2, 0.25) is 0 Å². The first-order valence-corrected chi connectivity index (χ1v) is 46.3. The lowest BCUT2D eigenvalue weighted by Crippen LogP contribution is -2.30. The maximum absolute atomic E-state index is 13.1. The van der Waals surface area contributed by atoms with Crippen molar-refractivity contribution >= 4 is 39.5 Å². The zero-order valence-corrected chi connectivity index (χ0v) is 68.4. The molecule has 2 unspecified atom stereocenters. The molecule has 606 valence electrons. The third-order valence-corrected chi connectivity index (χ3v) is 21.5. The van der Waals surface area contributed by atoms with E-state index in [2.05, 4.69) is 27.7 Å². The number of rotatable bonds is 84.